The van der Waals surface area contributed by atoms with E-state index in [1.165, 1.54) is 19.1 Å². The van der Waals surface area contributed by atoms with Crippen molar-refractivity contribution in [3.05, 3.63) is 65.7 Å². The zero-order valence-electron chi connectivity index (χ0n) is 16.8. The van der Waals surface area contributed by atoms with Crippen molar-refractivity contribution in [2.45, 2.75) is 31.4 Å². The summed E-state index contributed by atoms with van der Waals surface area (Å²) in [5, 5.41) is 0.554. The van der Waals surface area contributed by atoms with E-state index >= 15 is 0 Å². The fraction of sp³-hybridized carbons (Fsp3) is 0.238. The van der Waals surface area contributed by atoms with Crippen molar-refractivity contribution in [1.29, 1.82) is 0 Å². The average Bonchev–Trinajstić information content (AvgIpc) is 3.10. The lowest BCUT2D eigenvalue weighted by atomic mass is 10.1. The van der Waals surface area contributed by atoms with Crippen molar-refractivity contribution < 1.29 is 36.3 Å². The molecule has 8 nitrogen and oxygen atoms in total. The number of halogens is 1. The summed E-state index contributed by atoms with van der Waals surface area (Å²) in [5.41, 5.74) is 0.705. The van der Waals surface area contributed by atoms with Crippen LogP contribution >= 0.6 is 0 Å². The van der Waals surface area contributed by atoms with Gasteiger partial charge in [-0.2, -0.15) is 4.72 Å². The first-order chi connectivity index (χ1) is 14.7. The Morgan fingerprint density at radius 2 is 1.77 bits per heavy atom. The number of carbonyl (C=O) groups is 2. The number of esters is 2. The molecule has 0 aliphatic heterocycles. The second-order valence-corrected chi connectivity index (χ2v) is 8.19. The van der Waals surface area contributed by atoms with Crippen LogP contribution in [0.4, 0.5) is 4.39 Å². The zero-order valence-corrected chi connectivity index (χ0v) is 17.6. The van der Waals surface area contributed by atoms with E-state index in [0.29, 0.717) is 16.5 Å². The number of carbonyl (C=O) groups excluding carboxylic acids is 2. The van der Waals surface area contributed by atoms with E-state index in [1.807, 2.05) is 0 Å². The Labute approximate surface area is 178 Å². The number of hydrogen-bond donors (Lipinski definition) is 1. The number of hydrogen-bond acceptors (Lipinski definition) is 7. The number of fused-ring (bicyclic) bond motifs is 1. The van der Waals surface area contributed by atoms with E-state index in [9.17, 15) is 22.4 Å². The Hall–Kier alpha value is -3.24. The second kappa shape index (κ2) is 9.27. The first-order valence-corrected chi connectivity index (χ1v) is 10.8. The molecule has 1 N–H and O–H groups in total. The van der Waals surface area contributed by atoms with Crippen molar-refractivity contribution in [1.82, 2.24) is 4.72 Å². The molecule has 3 aromatic rings. The van der Waals surface area contributed by atoms with Gasteiger partial charge in [-0.05, 0) is 32.0 Å². The number of nitrogens with one attached hydrogen (secondary N) is 1. The number of para-hydroxylation sites is 1. The van der Waals surface area contributed by atoms with Crippen LogP contribution in [0.25, 0.3) is 11.0 Å². The van der Waals surface area contributed by atoms with Gasteiger partial charge in [0.05, 0.1) is 12.2 Å². The molecule has 164 valence electrons. The molecule has 1 aromatic heterocycles. The van der Waals surface area contributed by atoms with Crippen LogP contribution in [-0.4, -0.2) is 33.0 Å². The first-order valence-electron chi connectivity index (χ1n) is 9.35. The maximum atomic E-state index is 13.8. The molecule has 1 atom stereocenters. The molecular formula is C21H20FNO7S. The minimum atomic E-state index is -4.29. The van der Waals surface area contributed by atoms with Crippen molar-refractivity contribution >= 4 is 32.9 Å². The molecule has 0 bridgehead atoms. The van der Waals surface area contributed by atoms with Gasteiger partial charge in [-0.15, -0.1) is 0 Å². The molecule has 2 aromatic carbocycles. The Bertz CT molecular complexity index is 1220. The van der Waals surface area contributed by atoms with Crippen LogP contribution in [0.15, 0.2) is 57.8 Å². The fourth-order valence-electron chi connectivity index (χ4n) is 2.88. The van der Waals surface area contributed by atoms with Crippen molar-refractivity contribution in [2.24, 2.45) is 0 Å². The Morgan fingerprint density at radius 1 is 1.10 bits per heavy atom. The SMILES string of the molecule is CCOC(=O)c1oc2ccccc2c1COC(=O)[C@H](C)NS(=O)(=O)c1ccccc1F. The number of rotatable bonds is 8. The predicted octanol–water partition coefficient (Wildman–Crippen LogP) is 3.16. The lowest BCUT2D eigenvalue weighted by Gasteiger charge is -2.14. The predicted molar refractivity (Wildman–Crippen MR) is 108 cm³/mol. The molecule has 0 aliphatic rings. The van der Waals surface area contributed by atoms with E-state index in [-0.39, 0.29) is 19.0 Å². The van der Waals surface area contributed by atoms with Gasteiger partial charge in [0.25, 0.3) is 0 Å². The zero-order chi connectivity index (χ0) is 22.6. The van der Waals surface area contributed by atoms with Crippen LogP contribution in [0.3, 0.4) is 0 Å². The summed E-state index contributed by atoms with van der Waals surface area (Å²) < 4.78 is 56.3. The molecule has 0 saturated heterocycles. The van der Waals surface area contributed by atoms with E-state index in [1.54, 1.807) is 31.2 Å². The Kier molecular flexibility index (Phi) is 6.71. The van der Waals surface area contributed by atoms with Gasteiger partial charge >= 0.3 is 11.9 Å². The van der Waals surface area contributed by atoms with Crippen LogP contribution in [0, 0.1) is 5.82 Å². The summed E-state index contributed by atoms with van der Waals surface area (Å²) in [4.78, 5) is 24.0. The third-order valence-electron chi connectivity index (χ3n) is 4.33. The first kappa shape index (κ1) is 22.4. The minimum absolute atomic E-state index is 0.101. The van der Waals surface area contributed by atoms with Crippen molar-refractivity contribution in [3.8, 4) is 0 Å². The van der Waals surface area contributed by atoms with Gasteiger partial charge in [-0.25, -0.2) is 17.6 Å². The molecule has 0 fully saturated rings. The maximum absolute atomic E-state index is 13.8. The summed E-state index contributed by atoms with van der Waals surface area (Å²) in [6.45, 7) is 2.68. The van der Waals surface area contributed by atoms with E-state index in [0.717, 1.165) is 12.1 Å². The maximum Gasteiger partial charge on any atom is 0.374 e. The molecule has 1 heterocycles. The van der Waals surface area contributed by atoms with Crippen LogP contribution in [0.5, 0.6) is 0 Å². The molecule has 0 amide bonds. The quantitative estimate of drug-likeness (QED) is 0.526. The van der Waals surface area contributed by atoms with Crippen molar-refractivity contribution in [2.75, 3.05) is 6.61 Å². The average molecular weight is 449 g/mol. The Balaban J connectivity index is 1.76. The lowest BCUT2D eigenvalue weighted by Crippen LogP contribution is -2.39. The van der Waals surface area contributed by atoms with E-state index < -0.39 is 38.7 Å². The third kappa shape index (κ3) is 4.92. The van der Waals surface area contributed by atoms with Gasteiger partial charge in [0.2, 0.25) is 15.8 Å². The molecule has 0 unspecified atom stereocenters. The second-order valence-electron chi connectivity index (χ2n) is 6.51. The van der Waals surface area contributed by atoms with E-state index in [4.69, 9.17) is 13.9 Å². The van der Waals surface area contributed by atoms with Gasteiger partial charge in [-0.1, -0.05) is 30.3 Å². The van der Waals surface area contributed by atoms with Crippen molar-refractivity contribution in [3.63, 3.8) is 0 Å². The summed E-state index contributed by atoms with van der Waals surface area (Å²) in [6.07, 6.45) is 0. The largest absolute Gasteiger partial charge is 0.460 e. The highest BCUT2D eigenvalue weighted by molar-refractivity contribution is 7.89. The normalized spacial score (nSPS) is 12.5. The van der Waals surface area contributed by atoms with Crippen LogP contribution < -0.4 is 4.72 Å². The summed E-state index contributed by atoms with van der Waals surface area (Å²) in [7, 11) is -4.29. The minimum Gasteiger partial charge on any atom is -0.460 e. The molecule has 10 heteroatoms. The number of sulfonamides is 1. The molecule has 0 spiro atoms. The smallest absolute Gasteiger partial charge is 0.374 e. The summed E-state index contributed by atoms with van der Waals surface area (Å²) in [6, 6.07) is 10.3. The molecule has 3 rings (SSSR count). The fourth-order valence-corrected chi connectivity index (χ4v) is 4.15. The topological polar surface area (TPSA) is 112 Å². The molecule has 0 radical (unpaired) electrons. The number of furan rings is 1. The van der Waals surface area contributed by atoms with Gasteiger partial charge < -0.3 is 13.9 Å². The summed E-state index contributed by atoms with van der Waals surface area (Å²) >= 11 is 0. The molecule has 0 aliphatic carbocycles. The van der Waals surface area contributed by atoms with Crippen LogP contribution in [0.2, 0.25) is 0 Å². The van der Waals surface area contributed by atoms with Crippen LogP contribution in [-0.2, 0) is 30.9 Å². The van der Waals surface area contributed by atoms with E-state index in [2.05, 4.69) is 4.72 Å². The number of benzene rings is 2. The molecule has 0 saturated carbocycles. The Morgan fingerprint density at radius 3 is 2.48 bits per heavy atom. The standard InChI is InChI=1S/C21H20FNO7S/c1-3-28-21(25)19-15(14-8-4-6-10-17(14)30-19)12-29-20(24)13(2)23-31(26,27)18-11-7-5-9-16(18)22/h4-11,13,23H,3,12H2,1-2H3/t13-/m0/s1. The lowest BCUT2D eigenvalue weighted by molar-refractivity contribution is -0.146. The van der Waals surface area contributed by atoms with Gasteiger partial charge in [-0.3, -0.25) is 4.79 Å². The number of ether oxygens (including phenoxy) is 2. The summed E-state index contributed by atoms with van der Waals surface area (Å²) in [5.74, 6) is -2.67. The highest BCUT2D eigenvalue weighted by atomic mass is 32.2. The van der Waals surface area contributed by atoms with Gasteiger partial charge in [0.1, 0.15) is 28.9 Å². The molecular weight excluding hydrogens is 429 g/mol. The monoisotopic (exact) mass is 449 g/mol. The highest BCUT2D eigenvalue weighted by Gasteiger charge is 2.27. The van der Waals surface area contributed by atoms with Gasteiger partial charge in [0.15, 0.2) is 0 Å². The third-order valence-corrected chi connectivity index (χ3v) is 5.90. The molecule has 31 heavy (non-hydrogen) atoms. The van der Waals surface area contributed by atoms with Crippen LogP contribution in [0.1, 0.15) is 30.0 Å². The highest BCUT2D eigenvalue weighted by Crippen LogP contribution is 2.27. The van der Waals surface area contributed by atoms with Gasteiger partial charge in [0, 0.05) is 5.39 Å².